The van der Waals surface area contributed by atoms with E-state index in [1.807, 2.05) is 51.1 Å². The van der Waals surface area contributed by atoms with Gasteiger partial charge in [-0.2, -0.15) is 0 Å². The van der Waals surface area contributed by atoms with E-state index in [-0.39, 0.29) is 24.8 Å². The summed E-state index contributed by atoms with van der Waals surface area (Å²) in [6, 6.07) is 8.16. The lowest BCUT2D eigenvalue weighted by Crippen LogP contribution is -2.49. The van der Waals surface area contributed by atoms with Crippen LogP contribution >= 0.6 is 0 Å². The van der Waals surface area contributed by atoms with Crippen LogP contribution in [-0.4, -0.2) is 69.2 Å². The first-order valence-electron chi connectivity index (χ1n) is 10.5. The largest absolute Gasteiger partial charge is 0.493 e. The first kappa shape index (κ1) is 22.7. The number of nitrogens with zero attached hydrogens (tertiary/aromatic N) is 4. The number of amides is 2. The van der Waals surface area contributed by atoms with Crippen LogP contribution in [0, 0.1) is 5.41 Å². The van der Waals surface area contributed by atoms with Gasteiger partial charge in [-0.3, -0.25) is 9.59 Å². The van der Waals surface area contributed by atoms with E-state index in [1.54, 1.807) is 10.9 Å². The lowest BCUT2D eigenvalue weighted by molar-refractivity contribution is -0.144. The zero-order chi connectivity index (χ0) is 22.6. The second-order valence-corrected chi connectivity index (χ2v) is 8.88. The zero-order valence-corrected chi connectivity index (χ0v) is 18.5. The molecular weight excluding hydrogens is 398 g/mol. The van der Waals surface area contributed by atoms with Gasteiger partial charge in [0.05, 0.1) is 18.4 Å². The van der Waals surface area contributed by atoms with Crippen molar-refractivity contribution in [2.75, 3.05) is 20.2 Å². The maximum absolute atomic E-state index is 13.5. The van der Waals surface area contributed by atoms with Gasteiger partial charge in [-0.1, -0.05) is 44.2 Å². The van der Waals surface area contributed by atoms with Crippen molar-refractivity contribution in [3.8, 4) is 5.75 Å². The molecule has 0 bridgehead atoms. The van der Waals surface area contributed by atoms with Crippen LogP contribution in [0.2, 0.25) is 0 Å². The summed E-state index contributed by atoms with van der Waals surface area (Å²) in [7, 11) is 1.53. The van der Waals surface area contributed by atoms with Gasteiger partial charge in [0, 0.05) is 32.6 Å². The molecule has 1 saturated heterocycles. The number of benzene rings is 1. The Hall–Kier alpha value is -2.94. The summed E-state index contributed by atoms with van der Waals surface area (Å²) in [4.78, 5) is 27.2. The molecule has 2 heterocycles. The molecule has 0 radical (unpaired) electrons. The maximum atomic E-state index is 13.5. The minimum Gasteiger partial charge on any atom is -0.493 e. The molecule has 2 amide bonds. The summed E-state index contributed by atoms with van der Waals surface area (Å²) >= 11 is 0. The van der Waals surface area contributed by atoms with Crippen LogP contribution in [0.5, 0.6) is 5.75 Å². The summed E-state index contributed by atoms with van der Waals surface area (Å²) in [6.45, 7) is 6.38. The van der Waals surface area contributed by atoms with Gasteiger partial charge in [0.25, 0.3) is 0 Å². The predicted molar refractivity (Wildman–Crippen MR) is 114 cm³/mol. The van der Waals surface area contributed by atoms with Crippen molar-refractivity contribution in [3.05, 3.63) is 42.2 Å². The molecule has 2 aromatic rings. The van der Waals surface area contributed by atoms with Gasteiger partial charge in [0.2, 0.25) is 11.8 Å². The number of carbonyl (C=O) groups is 2. The number of carbonyl (C=O) groups excluding carboxylic acids is 2. The number of rotatable bonds is 7. The van der Waals surface area contributed by atoms with Crippen LogP contribution in [0.1, 0.15) is 38.9 Å². The third-order valence-electron chi connectivity index (χ3n) is 5.36. The predicted octanol–water partition coefficient (Wildman–Crippen LogP) is 1.19. The van der Waals surface area contributed by atoms with Crippen molar-refractivity contribution in [2.24, 2.45) is 5.41 Å². The number of aliphatic hydroxyl groups is 1. The third kappa shape index (κ3) is 5.41. The molecule has 3 atom stereocenters. The van der Waals surface area contributed by atoms with E-state index in [0.717, 1.165) is 5.75 Å². The minimum absolute atomic E-state index is 0.121. The number of ether oxygens (including phenoxy) is 1. The molecule has 1 aliphatic rings. The smallest absolute Gasteiger partial charge is 0.248 e. The molecule has 3 rings (SSSR count). The molecule has 2 unspecified atom stereocenters. The van der Waals surface area contributed by atoms with Crippen molar-refractivity contribution in [2.45, 2.75) is 51.8 Å². The molecule has 2 N–H and O–H groups in total. The SMILES string of the molecule is CNC(=O)[C@H]1CC(O)CN1C(=O)C(n1cc(CCOc2ccccc2)nn1)C(C)(C)C. The van der Waals surface area contributed by atoms with Crippen molar-refractivity contribution in [3.63, 3.8) is 0 Å². The molecule has 168 valence electrons. The molecule has 1 fully saturated rings. The van der Waals surface area contributed by atoms with Crippen molar-refractivity contribution in [1.29, 1.82) is 0 Å². The first-order valence-corrected chi connectivity index (χ1v) is 10.5. The van der Waals surface area contributed by atoms with Crippen molar-refractivity contribution >= 4 is 11.8 Å². The lowest BCUT2D eigenvalue weighted by atomic mass is 9.85. The average molecular weight is 430 g/mol. The highest BCUT2D eigenvalue weighted by Gasteiger charge is 2.44. The highest BCUT2D eigenvalue weighted by atomic mass is 16.5. The summed E-state index contributed by atoms with van der Waals surface area (Å²) in [5.41, 5.74) is 0.228. The Morgan fingerprint density at radius 3 is 2.65 bits per heavy atom. The second-order valence-electron chi connectivity index (χ2n) is 8.88. The highest BCUT2D eigenvalue weighted by Crippen LogP contribution is 2.34. The molecule has 31 heavy (non-hydrogen) atoms. The van der Waals surface area contributed by atoms with E-state index in [0.29, 0.717) is 18.7 Å². The maximum Gasteiger partial charge on any atom is 0.248 e. The van der Waals surface area contributed by atoms with Gasteiger partial charge in [-0.05, 0) is 17.5 Å². The van der Waals surface area contributed by atoms with Crippen molar-refractivity contribution < 1.29 is 19.4 Å². The molecular formula is C22H31N5O4. The number of β-amino-alcohol motifs (C(OH)–C–C–N with tert-alkyl or cyclic N) is 1. The van der Waals surface area contributed by atoms with Crippen LogP contribution in [0.15, 0.2) is 36.5 Å². The van der Waals surface area contributed by atoms with Crippen molar-refractivity contribution in [1.82, 2.24) is 25.2 Å². The normalized spacial score (nSPS) is 19.8. The number of aromatic nitrogens is 3. The number of hydrogen-bond acceptors (Lipinski definition) is 6. The van der Waals surface area contributed by atoms with Gasteiger partial charge < -0.3 is 20.1 Å². The van der Waals surface area contributed by atoms with E-state index >= 15 is 0 Å². The number of aliphatic hydroxyl groups excluding tert-OH is 1. The Kier molecular flexibility index (Phi) is 6.94. The fraction of sp³-hybridized carbons (Fsp3) is 0.545. The molecule has 1 aliphatic heterocycles. The number of likely N-dealkylation sites (N-methyl/N-ethyl adjacent to an activating group) is 1. The van der Waals surface area contributed by atoms with E-state index < -0.39 is 23.6 Å². The molecule has 9 nitrogen and oxygen atoms in total. The Morgan fingerprint density at radius 2 is 2.00 bits per heavy atom. The van der Waals surface area contributed by atoms with Gasteiger partial charge in [0.1, 0.15) is 17.8 Å². The number of likely N-dealkylation sites (tertiary alicyclic amines) is 1. The summed E-state index contributed by atoms with van der Waals surface area (Å²) < 4.78 is 7.28. The van der Waals surface area contributed by atoms with Crippen LogP contribution in [-0.2, 0) is 16.0 Å². The lowest BCUT2D eigenvalue weighted by Gasteiger charge is -2.34. The molecule has 1 aromatic carbocycles. The number of para-hydroxylation sites is 1. The monoisotopic (exact) mass is 429 g/mol. The first-order chi connectivity index (χ1) is 14.7. The average Bonchev–Trinajstić information content (AvgIpc) is 3.34. The zero-order valence-electron chi connectivity index (χ0n) is 18.5. The van der Waals surface area contributed by atoms with Gasteiger partial charge in [0.15, 0.2) is 0 Å². The highest BCUT2D eigenvalue weighted by molar-refractivity contribution is 5.90. The fourth-order valence-corrected chi connectivity index (χ4v) is 3.85. The van der Waals surface area contributed by atoms with Crippen LogP contribution in [0.4, 0.5) is 0 Å². The topological polar surface area (TPSA) is 110 Å². The Bertz CT molecular complexity index is 893. The van der Waals surface area contributed by atoms with Crippen LogP contribution in [0.3, 0.4) is 0 Å². The van der Waals surface area contributed by atoms with E-state index in [2.05, 4.69) is 15.6 Å². The summed E-state index contributed by atoms with van der Waals surface area (Å²) in [5.74, 6) is 0.245. The quantitative estimate of drug-likeness (QED) is 0.684. The van der Waals surface area contributed by atoms with Gasteiger partial charge >= 0.3 is 0 Å². The summed E-state index contributed by atoms with van der Waals surface area (Å²) in [5, 5.41) is 21.1. The number of nitrogens with one attached hydrogen (secondary N) is 1. The second kappa shape index (κ2) is 9.47. The number of hydrogen-bond donors (Lipinski definition) is 2. The van der Waals surface area contributed by atoms with Gasteiger partial charge in [-0.15, -0.1) is 5.10 Å². The Morgan fingerprint density at radius 1 is 1.29 bits per heavy atom. The Balaban J connectivity index is 1.74. The van der Waals surface area contributed by atoms with Crippen LogP contribution in [0.25, 0.3) is 0 Å². The van der Waals surface area contributed by atoms with E-state index in [4.69, 9.17) is 4.74 Å². The molecule has 0 spiro atoms. The summed E-state index contributed by atoms with van der Waals surface area (Å²) in [6.07, 6.45) is 1.79. The van der Waals surface area contributed by atoms with E-state index in [1.165, 1.54) is 11.9 Å². The molecule has 0 aliphatic carbocycles. The third-order valence-corrected chi connectivity index (χ3v) is 5.36. The van der Waals surface area contributed by atoms with Gasteiger partial charge in [-0.25, -0.2) is 4.68 Å². The van der Waals surface area contributed by atoms with E-state index in [9.17, 15) is 14.7 Å². The van der Waals surface area contributed by atoms with Crippen LogP contribution < -0.4 is 10.1 Å². The molecule has 9 heteroatoms. The molecule has 1 aromatic heterocycles. The Labute approximate surface area is 182 Å². The molecule has 0 saturated carbocycles. The minimum atomic E-state index is -0.728. The fourth-order valence-electron chi connectivity index (χ4n) is 3.85. The standard InChI is InChI=1S/C22H31N5O4/c1-22(2,3)19(21(30)26-14-16(28)12-18(26)20(29)23-4)27-13-15(24-25-27)10-11-31-17-8-6-5-7-9-17/h5-9,13,16,18-19,28H,10-12,14H2,1-4H3,(H,23,29)/t16?,18-,19?/m1/s1.